The van der Waals surface area contributed by atoms with Crippen molar-refractivity contribution in [3.05, 3.63) is 42.0 Å². The van der Waals surface area contributed by atoms with Gasteiger partial charge >= 0.3 is 0 Å². The molecular formula is C17H25IN4. The molecule has 4 nitrogen and oxygen atoms in total. The number of benzene rings is 1. The Labute approximate surface area is 149 Å². The van der Waals surface area contributed by atoms with E-state index in [9.17, 15) is 0 Å². The van der Waals surface area contributed by atoms with Crippen LogP contribution in [0, 0.1) is 5.92 Å². The van der Waals surface area contributed by atoms with Crippen LogP contribution in [0.25, 0.3) is 0 Å². The van der Waals surface area contributed by atoms with E-state index in [0.717, 1.165) is 25.6 Å². The van der Waals surface area contributed by atoms with Gasteiger partial charge in [-0.3, -0.25) is 0 Å². The first-order chi connectivity index (χ1) is 10.3. The molecule has 0 aromatic heterocycles. The van der Waals surface area contributed by atoms with Crippen molar-refractivity contribution in [2.75, 3.05) is 24.5 Å². The summed E-state index contributed by atoms with van der Waals surface area (Å²) in [5, 5.41) is 3.22. The van der Waals surface area contributed by atoms with E-state index in [0.29, 0.717) is 12.5 Å². The van der Waals surface area contributed by atoms with Crippen molar-refractivity contribution in [3.63, 3.8) is 0 Å². The van der Waals surface area contributed by atoms with E-state index in [-0.39, 0.29) is 24.0 Å². The monoisotopic (exact) mass is 412 g/mol. The number of nitrogens with two attached hydrogens (primary N) is 1. The van der Waals surface area contributed by atoms with Gasteiger partial charge in [0.15, 0.2) is 5.96 Å². The summed E-state index contributed by atoms with van der Waals surface area (Å²) in [7, 11) is 0. The molecule has 3 rings (SSSR count). The molecule has 3 N–H and O–H groups in total. The van der Waals surface area contributed by atoms with E-state index in [1.54, 1.807) is 0 Å². The fraction of sp³-hybridized carbons (Fsp3) is 0.471. The third-order valence-electron chi connectivity index (χ3n) is 4.35. The minimum Gasteiger partial charge on any atom is -0.370 e. The highest BCUT2D eigenvalue weighted by Crippen LogP contribution is 2.25. The van der Waals surface area contributed by atoms with E-state index in [2.05, 4.69) is 51.6 Å². The summed E-state index contributed by atoms with van der Waals surface area (Å²) in [6.07, 6.45) is 8.42. The molecule has 1 aliphatic carbocycles. The van der Waals surface area contributed by atoms with Gasteiger partial charge in [0.05, 0.1) is 6.54 Å². The molecule has 2 aliphatic rings. The van der Waals surface area contributed by atoms with Gasteiger partial charge < -0.3 is 16.0 Å². The Morgan fingerprint density at radius 2 is 1.86 bits per heavy atom. The predicted octanol–water partition coefficient (Wildman–Crippen LogP) is 2.89. The van der Waals surface area contributed by atoms with E-state index in [1.165, 1.54) is 30.5 Å². The van der Waals surface area contributed by atoms with Crippen LogP contribution in [0.15, 0.2) is 41.4 Å². The highest BCUT2D eigenvalue weighted by Gasteiger charge is 2.16. The van der Waals surface area contributed by atoms with Gasteiger partial charge in [0.1, 0.15) is 0 Å². The SMILES string of the molecule is I.NC(=NCc1ccc(N2CC=CC2)cc1)NCC1CCC1. The summed E-state index contributed by atoms with van der Waals surface area (Å²) in [5.74, 6) is 1.36. The lowest BCUT2D eigenvalue weighted by Crippen LogP contribution is -2.37. The Balaban J connectivity index is 0.00000176. The average Bonchev–Trinajstić information content (AvgIpc) is 2.98. The largest absolute Gasteiger partial charge is 0.370 e. The Kier molecular flexibility index (Phi) is 6.54. The van der Waals surface area contributed by atoms with E-state index >= 15 is 0 Å². The molecule has 1 fully saturated rings. The Morgan fingerprint density at radius 3 is 2.45 bits per heavy atom. The fourth-order valence-corrected chi connectivity index (χ4v) is 2.68. The quantitative estimate of drug-likeness (QED) is 0.339. The number of aliphatic imine (C=N–C) groups is 1. The van der Waals surface area contributed by atoms with Crippen LogP contribution in [0.2, 0.25) is 0 Å². The topological polar surface area (TPSA) is 53.6 Å². The molecule has 22 heavy (non-hydrogen) atoms. The van der Waals surface area contributed by atoms with Crippen LogP contribution in [0.4, 0.5) is 5.69 Å². The third-order valence-corrected chi connectivity index (χ3v) is 4.35. The maximum atomic E-state index is 5.90. The van der Waals surface area contributed by atoms with Gasteiger partial charge in [-0.25, -0.2) is 4.99 Å². The lowest BCUT2D eigenvalue weighted by atomic mass is 9.85. The van der Waals surface area contributed by atoms with Crippen molar-refractivity contribution >= 4 is 35.6 Å². The minimum absolute atomic E-state index is 0. The summed E-state index contributed by atoms with van der Waals surface area (Å²) in [6, 6.07) is 8.60. The lowest BCUT2D eigenvalue weighted by molar-refractivity contribution is 0.315. The van der Waals surface area contributed by atoms with Crippen LogP contribution in [-0.4, -0.2) is 25.6 Å². The molecule has 1 saturated carbocycles. The summed E-state index contributed by atoms with van der Waals surface area (Å²) < 4.78 is 0. The molecule has 1 aromatic carbocycles. The molecule has 0 spiro atoms. The second kappa shape index (κ2) is 8.41. The smallest absolute Gasteiger partial charge is 0.188 e. The van der Waals surface area contributed by atoms with Gasteiger partial charge in [-0.15, -0.1) is 24.0 Å². The normalized spacial score (nSPS) is 18.0. The molecule has 120 valence electrons. The maximum absolute atomic E-state index is 5.90. The molecule has 0 amide bonds. The van der Waals surface area contributed by atoms with Gasteiger partial charge in [-0.2, -0.15) is 0 Å². The maximum Gasteiger partial charge on any atom is 0.188 e. The summed E-state index contributed by atoms with van der Waals surface area (Å²) in [4.78, 5) is 6.74. The van der Waals surface area contributed by atoms with Gasteiger partial charge in [0.25, 0.3) is 0 Å². The van der Waals surface area contributed by atoms with Crippen molar-refractivity contribution in [3.8, 4) is 0 Å². The standard InChI is InChI=1S/C17H24N4.HI/c18-17(19-12-14-4-3-5-14)20-13-15-6-8-16(9-7-15)21-10-1-2-11-21;/h1-2,6-9,14H,3-5,10-13H2,(H3,18,19,20);1H. The van der Waals surface area contributed by atoms with Crippen LogP contribution >= 0.6 is 24.0 Å². The number of hydrogen-bond donors (Lipinski definition) is 2. The molecule has 0 atom stereocenters. The zero-order chi connectivity index (χ0) is 14.5. The van der Waals surface area contributed by atoms with Gasteiger partial charge in [0.2, 0.25) is 0 Å². The lowest BCUT2D eigenvalue weighted by Gasteiger charge is -2.25. The number of anilines is 1. The second-order valence-corrected chi connectivity index (χ2v) is 5.92. The molecular weight excluding hydrogens is 387 g/mol. The van der Waals surface area contributed by atoms with Crippen molar-refractivity contribution < 1.29 is 0 Å². The van der Waals surface area contributed by atoms with Crippen LogP contribution in [0.5, 0.6) is 0 Å². The number of nitrogens with one attached hydrogen (secondary N) is 1. The predicted molar refractivity (Wildman–Crippen MR) is 104 cm³/mol. The third kappa shape index (κ3) is 4.63. The first-order valence-electron chi connectivity index (χ1n) is 7.84. The van der Waals surface area contributed by atoms with E-state index < -0.39 is 0 Å². The number of guanidine groups is 1. The van der Waals surface area contributed by atoms with Gasteiger partial charge in [0, 0.05) is 25.3 Å². The Morgan fingerprint density at radius 1 is 1.18 bits per heavy atom. The van der Waals surface area contributed by atoms with E-state index in [4.69, 9.17) is 5.73 Å². The summed E-state index contributed by atoms with van der Waals surface area (Å²) >= 11 is 0. The first-order valence-corrected chi connectivity index (χ1v) is 7.84. The molecule has 1 aliphatic heterocycles. The van der Waals surface area contributed by atoms with Crippen molar-refractivity contribution in [2.24, 2.45) is 16.6 Å². The van der Waals surface area contributed by atoms with Gasteiger partial charge in [-0.05, 0) is 36.5 Å². The molecule has 1 aromatic rings. The zero-order valence-corrected chi connectivity index (χ0v) is 15.2. The number of hydrogen-bond acceptors (Lipinski definition) is 2. The van der Waals surface area contributed by atoms with Crippen LogP contribution in [0.3, 0.4) is 0 Å². The molecule has 0 radical (unpaired) electrons. The van der Waals surface area contributed by atoms with E-state index in [1.807, 2.05) is 0 Å². The van der Waals surface area contributed by atoms with Crippen molar-refractivity contribution in [1.29, 1.82) is 0 Å². The number of nitrogens with zero attached hydrogens (tertiary/aromatic N) is 2. The molecule has 0 bridgehead atoms. The number of halogens is 1. The average molecular weight is 412 g/mol. The molecule has 0 saturated heterocycles. The molecule has 1 heterocycles. The second-order valence-electron chi connectivity index (χ2n) is 5.92. The van der Waals surface area contributed by atoms with Crippen molar-refractivity contribution in [2.45, 2.75) is 25.8 Å². The van der Waals surface area contributed by atoms with Crippen LogP contribution in [0.1, 0.15) is 24.8 Å². The Bertz CT molecular complexity index is 512. The fourth-order valence-electron chi connectivity index (χ4n) is 2.68. The Hall–Kier alpha value is -1.24. The van der Waals surface area contributed by atoms with Crippen molar-refractivity contribution in [1.82, 2.24) is 5.32 Å². The van der Waals surface area contributed by atoms with Gasteiger partial charge in [-0.1, -0.05) is 30.7 Å². The van der Waals surface area contributed by atoms with Crippen LogP contribution in [-0.2, 0) is 6.54 Å². The zero-order valence-electron chi connectivity index (χ0n) is 12.9. The molecule has 5 heteroatoms. The highest BCUT2D eigenvalue weighted by molar-refractivity contribution is 14.0. The number of rotatable bonds is 5. The summed E-state index contributed by atoms with van der Waals surface area (Å²) in [5.41, 5.74) is 8.36. The highest BCUT2D eigenvalue weighted by atomic mass is 127. The minimum atomic E-state index is 0. The first kappa shape index (κ1) is 17.1. The molecule has 0 unspecified atom stereocenters. The van der Waals surface area contributed by atoms with Crippen LogP contribution < -0.4 is 16.0 Å². The summed E-state index contributed by atoms with van der Waals surface area (Å²) in [6.45, 7) is 3.63.